The number of fused-ring (bicyclic) bond motifs is 1. The number of amides is 3. The third-order valence-corrected chi connectivity index (χ3v) is 3.86. The van der Waals surface area contributed by atoms with Gasteiger partial charge in [-0.3, -0.25) is 14.4 Å². The Hall–Kier alpha value is -3.22. The van der Waals surface area contributed by atoms with Crippen LogP contribution in [0.4, 0.5) is 21.5 Å². The number of halogens is 1. The lowest BCUT2D eigenvalue weighted by atomic mass is 9.90. The van der Waals surface area contributed by atoms with Gasteiger partial charge in [-0.15, -0.1) is 0 Å². The fourth-order valence-electron chi connectivity index (χ4n) is 2.76. The van der Waals surface area contributed by atoms with Crippen LogP contribution >= 0.6 is 0 Å². The monoisotopic (exact) mass is 341 g/mol. The van der Waals surface area contributed by atoms with E-state index >= 15 is 0 Å². The van der Waals surface area contributed by atoms with Gasteiger partial charge in [0.05, 0.1) is 11.6 Å². The number of benzene rings is 2. The van der Waals surface area contributed by atoms with Crippen LogP contribution < -0.4 is 16.0 Å². The molecular weight excluding hydrogens is 325 g/mol. The number of hydrogen-bond donors (Lipinski definition) is 3. The summed E-state index contributed by atoms with van der Waals surface area (Å²) in [5, 5.41) is 7.77. The van der Waals surface area contributed by atoms with E-state index in [2.05, 4.69) is 16.0 Å². The second-order valence-electron chi connectivity index (χ2n) is 5.76. The molecule has 1 heterocycles. The Morgan fingerprint density at radius 3 is 2.68 bits per heavy atom. The second kappa shape index (κ2) is 6.72. The van der Waals surface area contributed by atoms with Crippen molar-refractivity contribution in [3.63, 3.8) is 0 Å². The Labute approximate surface area is 143 Å². The summed E-state index contributed by atoms with van der Waals surface area (Å²) in [4.78, 5) is 35.6. The lowest BCUT2D eigenvalue weighted by molar-refractivity contribution is -0.123. The number of rotatable bonds is 3. The Morgan fingerprint density at radius 1 is 1.16 bits per heavy atom. The Balaban J connectivity index is 1.83. The molecule has 1 aliphatic heterocycles. The van der Waals surface area contributed by atoms with Gasteiger partial charge in [-0.1, -0.05) is 18.2 Å². The molecule has 0 aromatic heterocycles. The summed E-state index contributed by atoms with van der Waals surface area (Å²) in [6.07, 6.45) is 0.0304. The zero-order valence-electron chi connectivity index (χ0n) is 13.4. The molecule has 0 fully saturated rings. The van der Waals surface area contributed by atoms with Crippen molar-refractivity contribution >= 4 is 34.8 Å². The Morgan fingerprint density at radius 2 is 1.92 bits per heavy atom. The van der Waals surface area contributed by atoms with Crippen LogP contribution in [0.3, 0.4) is 0 Å². The first-order valence-corrected chi connectivity index (χ1v) is 7.71. The molecule has 3 N–H and O–H groups in total. The summed E-state index contributed by atoms with van der Waals surface area (Å²) in [7, 11) is 0. The number of para-hydroxylation sites is 1. The molecule has 2 aromatic carbocycles. The normalized spacial score (nSPS) is 15.8. The second-order valence-corrected chi connectivity index (χ2v) is 5.76. The number of anilines is 3. The van der Waals surface area contributed by atoms with Gasteiger partial charge < -0.3 is 16.0 Å². The first kappa shape index (κ1) is 16.6. The molecule has 0 saturated heterocycles. The summed E-state index contributed by atoms with van der Waals surface area (Å²) in [6.45, 7) is 1.27. The van der Waals surface area contributed by atoms with E-state index in [1.165, 1.54) is 19.1 Å². The first-order chi connectivity index (χ1) is 11.9. The van der Waals surface area contributed by atoms with Gasteiger partial charge in [0.2, 0.25) is 17.7 Å². The van der Waals surface area contributed by atoms with Crippen LogP contribution in [-0.2, 0) is 14.4 Å². The lowest BCUT2D eigenvalue weighted by Gasteiger charge is -2.24. The maximum Gasteiger partial charge on any atom is 0.232 e. The summed E-state index contributed by atoms with van der Waals surface area (Å²) in [5.41, 5.74) is 1.64. The third kappa shape index (κ3) is 3.65. The van der Waals surface area contributed by atoms with Crippen LogP contribution in [0.15, 0.2) is 42.5 Å². The summed E-state index contributed by atoms with van der Waals surface area (Å²) < 4.78 is 13.7. The molecule has 0 saturated carbocycles. The molecule has 0 spiro atoms. The van der Waals surface area contributed by atoms with Crippen LogP contribution in [0, 0.1) is 5.82 Å². The van der Waals surface area contributed by atoms with Crippen molar-refractivity contribution in [1.82, 2.24) is 0 Å². The quantitative estimate of drug-likeness (QED) is 0.802. The highest BCUT2D eigenvalue weighted by molar-refractivity contribution is 6.05. The summed E-state index contributed by atoms with van der Waals surface area (Å²) in [5.74, 6) is -2.27. The fourth-order valence-corrected chi connectivity index (χ4v) is 2.76. The molecule has 1 aliphatic rings. The zero-order valence-corrected chi connectivity index (χ0v) is 13.4. The smallest absolute Gasteiger partial charge is 0.232 e. The largest absolute Gasteiger partial charge is 0.326 e. The van der Waals surface area contributed by atoms with Crippen LogP contribution in [0.2, 0.25) is 0 Å². The van der Waals surface area contributed by atoms with E-state index in [0.717, 1.165) is 11.6 Å². The van der Waals surface area contributed by atoms with E-state index in [0.29, 0.717) is 11.4 Å². The van der Waals surface area contributed by atoms with E-state index in [4.69, 9.17) is 0 Å². The van der Waals surface area contributed by atoms with Gasteiger partial charge in [-0.25, -0.2) is 4.39 Å². The molecule has 2 aromatic rings. The van der Waals surface area contributed by atoms with Crippen molar-refractivity contribution in [2.75, 3.05) is 16.0 Å². The maximum absolute atomic E-state index is 13.7. The molecule has 3 amide bonds. The van der Waals surface area contributed by atoms with Crippen molar-refractivity contribution < 1.29 is 18.8 Å². The van der Waals surface area contributed by atoms with E-state index in [9.17, 15) is 18.8 Å². The SMILES string of the molecule is CC(=O)Nc1cc(NC(=O)C2CC(=O)Nc3ccccc32)ccc1F. The van der Waals surface area contributed by atoms with Gasteiger partial charge >= 0.3 is 0 Å². The fraction of sp³-hybridized carbons (Fsp3) is 0.167. The molecule has 0 bridgehead atoms. The molecule has 7 heteroatoms. The Kier molecular flexibility index (Phi) is 4.47. The summed E-state index contributed by atoms with van der Waals surface area (Å²) in [6, 6.07) is 11.0. The van der Waals surface area contributed by atoms with Gasteiger partial charge in [0.1, 0.15) is 5.82 Å². The molecule has 128 valence electrons. The van der Waals surface area contributed by atoms with Crippen molar-refractivity contribution in [3.05, 3.63) is 53.8 Å². The van der Waals surface area contributed by atoms with E-state index in [1.54, 1.807) is 24.3 Å². The summed E-state index contributed by atoms with van der Waals surface area (Å²) >= 11 is 0. The lowest BCUT2D eigenvalue weighted by Crippen LogP contribution is -2.30. The predicted octanol–water partition coefficient (Wildman–Crippen LogP) is 2.85. The highest BCUT2D eigenvalue weighted by Crippen LogP contribution is 2.33. The zero-order chi connectivity index (χ0) is 18.0. The average Bonchev–Trinajstić information content (AvgIpc) is 2.56. The van der Waals surface area contributed by atoms with Crippen molar-refractivity contribution in [2.24, 2.45) is 0 Å². The van der Waals surface area contributed by atoms with Crippen LogP contribution in [0.5, 0.6) is 0 Å². The van der Waals surface area contributed by atoms with Gasteiger partial charge in [-0.05, 0) is 29.8 Å². The molecule has 1 unspecified atom stereocenters. The molecule has 0 aliphatic carbocycles. The molecule has 1 atom stereocenters. The third-order valence-electron chi connectivity index (χ3n) is 3.86. The standard InChI is InChI=1S/C18H16FN3O3/c1-10(23)20-16-8-11(6-7-14(16)19)21-18(25)13-9-17(24)22-15-5-3-2-4-12(13)15/h2-8,13H,9H2,1H3,(H,20,23)(H,21,25)(H,22,24). The van der Waals surface area contributed by atoms with Gasteiger partial charge in [0, 0.05) is 24.7 Å². The average molecular weight is 341 g/mol. The van der Waals surface area contributed by atoms with Crippen molar-refractivity contribution in [3.8, 4) is 0 Å². The molecule has 25 heavy (non-hydrogen) atoms. The highest BCUT2D eigenvalue weighted by atomic mass is 19.1. The maximum atomic E-state index is 13.7. The van der Waals surface area contributed by atoms with Gasteiger partial charge in [0.15, 0.2) is 0 Å². The minimum Gasteiger partial charge on any atom is -0.326 e. The van der Waals surface area contributed by atoms with E-state index in [-0.39, 0.29) is 23.9 Å². The van der Waals surface area contributed by atoms with Gasteiger partial charge in [-0.2, -0.15) is 0 Å². The predicted molar refractivity (Wildman–Crippen MR) is 91.8 cm³/mol. The minimum absolute atomic E-state index is 0.0212. The van der Waals surface area contributed by atoms with Crippen molar-refractivity contribution in [1.29, 1.82) is 0 Å². The molecule has 0 radical (unpaired) electrons. The van der Waals surface area contributed by atoms with Gasteiger partial charge in [0.25, 0.3) is 0 Å². The molecule has 3 rings (SSSR count). The van der Waals surface area contributed by atoms with Crippen LogP contribution in [0.1, 0.15) is 24.8 Å². The van der Waals surface area contributed by atoms with E-state index in [1.807, 2.05) is 0 Å². The molecule has 6 nitrogen and oxygen atoms in total. The first-order valence-electron chi connectivity index (χ1n) is 7.71. The Bertz CT molecular complexity index is 866. The van der Waals surface area contributed by atoms with E-state index < -0.39 is 17.6 Å². The number of nitrogens with one attached hydrogen (secondary N) is 3. The topological polar surface area (TPSA) is 87.3 Å². The molecular formula is C18H16FN3O3. The number of carbonyl (C=O) groups is 3. The van der Waals surface area contributed by atoms with Crippen LogP contribution in [-0.4, -0.2) is 17.7 Å². The minimum atomic E-state index is -0.640. The van der Waals surface area contributed by atoms with Crippen LogP contribution in [0.25, 0.3) is 0 Å². The number of carbonyl (C=O) groups excluding carboxylic acids is 3. The number of hydrogen-bond acceptors (Lipinski definition) is 3. The highest BCUT2D eigenvalue weighted by Gasteiger charge is 2.30. The van der Waals surface area contributed by atoms with Crippen molar-refractivity contribution in [2.45, 2.75) is 19.3 Å².